The number of hydrogen-bond acceptors (Lipinski definition) is 13. The molecule has 0 unspecified atom stereocenters. The molecule has 0 aromatic carbocycles. The summed E-state index contributed by atoms with van der Waals surface area (Å²) in [6.45, 7) is 15.3. The minimum Gasteiger partial charge on any atom is -0.458 e. The zero-order valence-corrected chi connectivity index (χ0v) is 38.5. The average Bonchev–Trinajstić information content (AvgIpc) is 3.82. The largest absolute Gasteiger partial charge is 0.458 e. The highest BCUT2D eigenvalue weighted by Crippen LogP contribution is 2.72. The molecule has 13 nitrogen and oxygen atoms in total. The van der Waals surface area contributed by atoms with E-state index in [1.165, 1.54) is 19.1 Å². The summed E-state index contributed by atoms with van der Waals surface area (Å²) in [5.74, 6) is -3.89. The predicted octanol–water partition coefficient (Wildman–Crippen LogP) is 5.81. The Morgan fingerprint density at radius 1 is 0.738 bits per heavy atom. The molecule has 0 aromatic rings. The predicted molar refractivity (Wildman–Crippen MR) is 233 cm³/mol. The maximum Gasteiger partial charge on any atom is 0.303 e. The number of fused-ring (bicyclic) bond motifs is 14. The lowest BCUT2D eigenvalue weighted by molar-refractivity contribution is -0.227. The molecule has 2 aliphatic heterocycles. The average molecular weight is 909 g/mol. The van der Waals surface area contributed by atoms with Crippen molar-refractivity contribution in [1.29, 1.82) is 0 Å². The van der Waals surface area contributed by atoms with Crippen molar-refractivity contribution in [1.82, 2.24) is 0 Å². The molecular weight excluding hydrogens is 840 g/mol. The molecule has 0 amide bonds. The van der Waals surface area contributed by atoms with E-state index < -0.39 is 94.6 Å². The number of aliphatic hydroxyl groups excluding tert-OH is 3. The Balaban J connectivity index is 0.000000176. The molecule has 3 N–H and O–H groups in total. The van der Waals surface area contributed by atoms with Crippen LogP contribution >= 0.6 is 0 Å². The Morgan fingerprint density at radius 2 is 1.23 bits per heavy atom. The highest BCUT2D eigenvalue weighted by Gasteiger charge is 2.79. The van der Waals surface area contributed by atoms with Gasteiger partial charge in [-0.1, -0.05) is 52.8 Å². The van der Waals surface area contributed by atoms with Crippen molar-refractivity contribution in [2.24, 2.45) is 57.2 Å². The molecule has 0 bridgehead atoms. The fourth-order valence-corrected chi connectivity index (χ4v) is 16.2. The second kappa shape index (κ2) is 15.4. The topological polar surface area (TPSA) is 192 Å². The van der Waals surface area contributed by atoms with E-state index in [2.05, 4.69) is 6.92 Å². The fraction of sp³-hybridized carbons (Fsp3) is 0.745. The Bertz CT molecular complexity index is 2190. The summed E-state index contributed by atoms with van der Waals surface area (Å²) in [6.07, 6.45) is 9.74. The number of carbonyl (C=O) groups excluding carboxylic acids is 5. The van der Waals surface area contributed by atoms with Crippen molar-refractivity contribution in [3.63, 3.8) is 0 Å². The third-order valence-electron chi connectivity index (χ3n) is 18.3. The first-order valence-electron chi connectivity index (χ1n) is 23.2. The van der Waals surface area contributed by atoms with Gasteiger partial charge < -0.3 is 39.0 Å². The van der Waals surface area contributed by atoms with Crippen LogP contribution in [0, 0.1) is 57.2 Å². The van der Waals surface area contributed by atoms with Gasteiger partial charge in [0.25, 0.3) is 0 Å². The second-order valence-electron chi connectivity index (χ2n) is 22.5. The summed E-state index contributed by atoms with van der Waals surface area (Å²) in [5, 5.41) is 32.9. The third kappa shape index (κ3) is 6.57. The van der Waals surface area contributed by atoms with Crippen LogP contribution in [0.25, 0.3) is 0 Å². The van der Waals surface area contributed by atoms with Gasteiger partial charge in [0.1, 0.15) is 12.8 Å². The molecule has 10 rings (SSSR count). The van der Waals surface area contributed by atoms with Crippen molar-refractivity contribution in [2.45, 2.75) is 168 Å². The van der Waals surface area contributed by atoms with E-state index in [1.54, 1.807) is 45.9 Å². The lowest BCUT2D eigenvalue weighted by Crippen LogP contribution is -2.64. The summed E-state index contributed by atoms with van der Waals surface area (Å²) >= 11 is 0. The minimum atomic E-state index is -1.41. The van der Waals surface area contributed by atoms with Crippen LogP contribution in [0.4, 0.5) is 4.39 Å². The molecule has 6 saturated carbocycles. The first kappa shape index (κ1) is 48.2. The Hall–Kier alpha value is -3.24. The molecule has 14 heteroatoms. The molecule has 358 valence electrons. The van der Waals surface area contributed by atoms with Gasteiger partial charge in [0.05, 0.1) is 24.4 Å². The van der Waals surface area contributed by atoms with Crippen molar-refractivity contribution in [3.8, 4) is 0 Å². The fourth-order valence-electron chi connectivity index (χ4n) is 16.2. The summed E-state index contributed by atoms with van der Waals surface area (Å²) in [4.78, 5) is 62.2. The van der Waals surface area contributed by atoms with Gasteiger partial charge in [-0.05, 0) is 126 Å². The van der Waals surface area contributed by atoms with Crippen LogP contribution in [0.5, 0.6) is 0 Å². The van der Waals surface area contributed by atoms with Gasteiger partial charge in [-0.25, -0.2) is 4.39 Å². The smallest absolute Gasteiger partial charge is 0.303 e. The van der Waals surface area contributed by atoms with Crippen LogP contribution in [0.1, 0.15) is 115 Å². The van der Waals surface area contributed by atoms with Gasteiger partial charge in [0.15, 0.2) is 46.7 Å². The summed E-state index contributed by atoms with van der Waals surface area (Å²) in [5.41, 5.74) is -3.74. The molecular formula is C51H69FO13. The Kier molecular flexibility index (Phi) is 11.4. The minimum absolute atomic E-state index is 0. The third-order valence-corrected chi connectivity index (χ3v) is 18.3. The number of allylic oxidation sites excluding steroid dienone is 8. The number of carbonyl (C=O) groups is 5. The molecule has 0 aromatic heterocycles. The van der Waals surface area contributed by atoms with Crippen LogP contribution in [0.2, 0.25) is 0 Å². The number of ether oxygens (including phenoxy) is 5. The summed E-state index contributed by atoms with van der Waals surface area (Å²) in [6, 6.07) is 0. The van der Waals surface area contributed by atoms with Crippen LogP contribution in [0.3, 0.4) is 0 Å². The first-order chi connectivity index (χ1) is 29.7. The maximum absolute atomic E-state index is 15.6. The van der Waals surface area contributed by atoms with Crippen LogP contribution in [-0.2, 0) is 47.7 Å². The van der Waals surface area contributed by atoms with Gasteiger partial charge in [-0.15, -0.1) is 0 Å². The quantitative estimate of drug-likeness (QED) is 0.281. The monoisotopic (exact) mass is 908 g/mol. The molecule has 2 saturated heterocycles. The standard InChI is InChI=1S/C26H33FO7.C24H32O6.CH4/c1-13(28)32-12-20(31)26-21(33-23(2,3)34-26)10-16-15-9-18(27)17-8-14(29)6-7-24(17,4)22(15)19(30)11-25(16,26)5;1-21(2)29-19-10-16-15-6-5-13-9-14(26)7-8-22(13,3)20(15)17(27)11-23(16,4)24(19,30-21)18(28)12-25;/h6-8,15-16,18-19,21-22,30H,9-12H2,1-5H3;7-9,15-17,19-20,25,27H,5-6,10-12H2,1-4H3;1H4/t15-,16-,18-,19-,21+,22+,24-,25-,26+;15-,16-,17-,19+,20+,22-,23-,24+;/m00./s1. The lowest BCUT2D eigenvalue weighted by atomic mass is 9.46. The summed E-state index contributed by atoms with van der Waals surface area (Å²) in [7, 11) is 0. The molecule has 10 aliphatic rings. The maximum atomic E-state index is 15.6. The molecule has 0 radical (unpaired) electrons. The molecule has 8 fully saturated rings. The molecule has 0 spiro atoms. The van der Waals surface area contributed by atoms with E-state index in [9.17, 15) is 39.3 Å². The van der Waals surface area contributed by atoms with Crippen LogP contribution in [0.15, 0.2) is 47.6 Å². The van der Waals surface area contributed by atoms with Gasteiger partial charge >= 0.3 is 5.97 Å². The zero-order chi connectivity index (χ0) is 46.5. The number of Topliss-reactive ketones (excluding diaryl/α,β-unsaturated/α-hetero) is 2. The SMILES string of the molecule is C.CC(=O)OCC(=O)[C@@]12OC(C)(C)O[C@@H]1C[C@H]1[C@@H]3C[C@H](F)C4=CC(=O)C=C[C@]4(C)[C@H]3[C@@H](O)C[C@@]12C.CC1(C)O[C@@H]2C[C@H]3[C@@H]4CCC5=CC(=O)C=C[C@]5(C)[C@H]4[C@@H](O)C[C@]3(C)[C@]2(C(=O)CO)O1. The van der Waals surface area contributed by atoms with E-state index >= 15 is 4.39 Å². The second-order valence-corrected chi connectivity index (χ2v) is 22.5. The van der Waals surface area contributed by atoms with Gasteiger partial charge in [-0.2, -0.15) is 0 Å². The van der Waals surface area contributed by atoms with Gasteiger partial charge in [0, 0.05) is 40.4 Å². The molecule has 8 aliphatic carbocycles. The van der Waals surface area contributed by atoms with E-state index in [0.29, 0.717) is 24.8 Å². The van der Waals surface area contributed by atoms with E-state index in [-0.39, 0.29) is 78.5 Å². The van der Waals surface area contributed by atoms with Gasteiger partial charge in [-0.3, -0.25) is 24.0 Å². The van der Waals surface area contributed by atoms with Crippen LogP contribution < -0.4 is 0 Å². The van der Waals surface area contributed by atoms with E-state index in [4.69, 9.17) is 23.7 Å². The Labute approximate surface area is 381 Å². The highest BCUT2D eigenvalue weighted by atomic mass is 19.1. The molecule has 2 heterocycles. The number of rotatable bonds is 5. The van der Waals surface area contributed by atoms with Crippen molar-refractivity contribution in [3.05, 3.63) is 47.6 Å². The van der Waals surface area contributed by atoms with Gasteiger partial charge in [0.2, 0.25) is 5.78 Å². The Morgan fingerprint density at radius 3 is 1.77 bits per heavy atom. The van der Waals surface area contributed by atoms with Crippen LogP contribution in [-0.4, -0.2) is 111 Å². The lowest BCUT2D eigenvalue weighted by Gasteiger charge is -2.60. The zero-order valence-electron chi connectivity index (χ0n) is 38.5. The number of ketones is 4. The van der Waals surface area contributed by atoms with E-state index in [1.807, 2.05) is 26.8 Å². The number of halogens is 1. The van der Waals surface area contributed by atoms with Crippen molar-refractivity contribution in [2.75, 3.05) is 13.2 Å². The van der Waals surface area contributed by atoms with Crippen molar-refractivity contribution >= 4 is 29.1 Å². The number of hydrogen-bond donors (Lipinski definition) is 3. The highest BCUT2D eigenvalue weighted by molar-refractivity contribution is 6.02. The van der Waals surface area contributed by atoms with Crippen molar-refractivity contribution < 1.29 is 67.4 Å². The molecule has 17 atom stereocenters. The number of esters is 1. The molecule has 65 heavy (non-hydrogen) atoms. The normalized spacial score (nSPS) is 48.8. The first-order valence-corrected chi connectivity index (χ1v) is 23.2. The number of alkyl halides is 1. The summed E-state index contributed by atoms with van der Waals surface area (Å²) < 4.78 is 45.8. The van der Waals surface area contributed by atoms with E-state index in [0.717, 1.165) is 18.4 Å². The number of aliphatic hydroxyl groups is 3.